The predicted molar refractivity (Wildman–Crippen MR) is 69.8 cm³/mol. The predicted octanol–water partition coefficient (Wildman–Crippen LogP) is 1.60. The molecule has 1 rings (SSSR count). The molecule has 0 spiro atoms. The van der Waals surface area contributed by atoms with Crippen molar-refractivity contribution in [2.45, 2.75) is 0 Å². The van der Waals surface area contributed by atoms with Crippen molar-refractivity contribution >= 4 is 33.5 Å². The second-order valence-electron chi connectivity index (χ2n) is 3.66. The van der Waals surface area contributed by atoms with E-state index in [-0.39, 0.29) is 17.8 Å². The number of ether oxygens (including phenoxy) is 1. The molecule has 8 heteroatoms. The molecule has 0 unspecified atom stereocenters. The van der Waals surface area contributed by atoms with Crippen LogP contribution in [-0.4, -0.2) is 42.4 Å². The van der Waals surface area contributed by atoms with E-state index < -0.39 is 16.8 Å². The zero-order valence-corrected chi connectivity index (χ0v) is 11.8. The molecular weight excluding hydrogens is 320 g/mol. The molecule has 1 amide bonds. The molecule has 0 atom stereocenters. The number of benzene rings is 1. The largest absolute Gasteiger partial charge is 0.468 e. The smallest absolute Gasteiger partial charge is 0.325 e. The van der Waals surface area contributed by atoms with Crippen LogP contribution < -0.4 is 0 Å². The quantitative estimate of drug-likeness (QED) is 0.475. The van der Waals surface area contributed by atoms with Gasteiger partial charge in [0.2, 0.25) is 0 Å². The number of nitro groups is 1. The van der Waals surface area contributed by atoms with E-state index in [1.807, 2.05) is 0 Å². The lowest BCUT2D eigenvalue weighted by Crippen LogP contribution is -2.32. The van der Waals surface area contributed by atoms with Gasteiger partial charge >= 0.3 is 5.97 Å². The lowest BCUT2D eigenvalue weighted by Gasteiger charge is -2.16. The second-order valence-corrected chi connectivity index (χ2v) is 4.51. The summed E-state index contributed by atoms with van der Waals surface area (Å²) in [6, 6.07) is 3.85. The lowest BCUT2D eigenvalue weighted by molar-refractivity contribution is -0.384. The Morgan fingerprint density at radius 2 is 2.11 bits per heavy atom. The number of non-ortho nitro benzene ring substituents is 1. The summed E-state index contributed by atoms with van der Waals surface area (Å²) in [4.78, 5) is 34.3. The standard InChI is InChI=1S/C11H11BrN2O5/c1-13(6-10(15)19-2)11(16)8-5-7(14(17)18)3-4-9(8)12/h3-5H,6H2,1-2H3. The highest BCUT2D eigenvalue weighted by molar-refractivity contribution is 9.10. The molecule has 19 heavy (non-hydrogen) atoms. The fourth-order valence-electron chi connectivity index (χ4n) is 1.33. The van der Waals surface area contributed by atoms with Gasteiger partial charge in [0.15, 0.2) is 0 Å². The van der Waals surface area contributed by atoms with Crippen LogP contribution in [0.2, 0.25) is 0 Å². The molecule has 0 aromatic heterocycles. The Morgan fingerprint density at radius 3 is 2.63 bits per heavy atom. The molecule has 0 saturated heterocycles. The second kappa shape index (κ2) is 6.28. The normalized spacial score (nSPS) is 9.84. The summed E-state index contributed by atoms with van der Waals surface area (Å²) in [5.41, 5.74) is -0.0846. The molecule has 0 fully saturated rings. The Labute approximate surface area is 117 Å². The van der Waals surface area contributed by atoms with Crippen molar-refractivity contribution in [1.82, 2.24) is 4.90 Å². The number of halogens is 1. The van der Waals surface area contributed by atoms with Crippen LogP contribution in [0.3, 0.4) is 0 Å². The number of hydrogen-bond donors (Lipinski definition) is 0. The van der Waals surface area contributed by atoms with Crippen molar-refractivity contribution in [2.75, 3.05) is 20.7 Å². The lowest BCUT2D eigenvalue weighted by atomic mass is 10.2. The van der Waals surface area contributed by atoms with Crippen molar-refractivity contribution < 1.29 is 19.2 Å². The van der Waals surface area contributed by atoms with Crippen LogP contribution in [0.25, 0.3) is 0 Å². The molecule has 0 saturated carbocycles. The van der Waals surface area contributed by atoms with Crippen LogP contribution in [-0.2, 0) is 9.53 Å². The molecular formula is C11H11BrN2O5. The van der Waals surface area contributed by atoms with E-state index in [4.69, 9.17) is 0 Å². The number of amides is 1. The van der Waals surface area contributed by atoms with Gasteiger partial charge in [-0.05, 0) is 22.0 Å². The Hall–Kier alpha value is -1.96. The van der Waals surface area contributed by atoms with Crippen LogP contribution in [0.15, 0.2) is 22.7 Å². The first-order valence-corrected chi connectivity index (χ1v) is 5.92. The minimum atomic E-state index is -0.594. The van der Waals surface area contributed by atoms with Crippen LogP contribution in [0, 0.1) is 10.1 Å². The number of methoxy groups -OCH3 is 1. The van der Waals surface area contributed by atoms with Crippen molar-refractivity contribution in [2.24, 2.45) is 0 Å². The highest BCUT2D eigenvalue weighted by Gasteiger charge is 2.20. The molecule has 0 heterocycles. The Morgan fingerprint density at radius 1 is 1.47 bits per heavy atom. The summed E-state index contributed by atoms with van der Waals surface area (Å²) in [6.07, 6.45) is 0. The number of likely N-dealkylation sites (N-methyl/N-ethyl adjacent to an activating group) is 1. The zero-order valence-electron chi connectivity index (χ0n) is 10.3. The van der Waals surface area contributed by atoms with E-state index in [9.17, 15) is 19.7 Å². The van der Waals surface area contributed by atoms with Crippen molar-refractivity contribution in [3.63, 3.8) is 0 Å². The van der Waals surface area contributed by atoms with Gasteiger partial charge in [0.25, 0.3) is 11.6 Å². The maximum Gasteiger partial charge on any atom is 0.325 e. The highest BCUT2D eigenvalue weighted by atomic mass is 79.9. The van der Waals surface area contributed by atoms with Gasteiger partial charge in [-0.1, -0.05) is 0 Å². The molecule has 1 aromatic rings. The molecule has 0 aliphatic rings. The molecule has 1 aromatic carbocycles. The van der Waals surface area contributed by atoms with E-state index >= 15 is 0 Å². The Kier molecular flexibility index (Phi) is 4.99. The van der Waals surface area contributed by atoms with Crippen molar-refractivity contribution in [1.29, 1.82) is 0 Å². The highest BCUT2D eigenvalue weighted by Crippen LogP contribution is 2.23. The monoisotopic (exact) mass is 330 g/mol. The van der Waals surface area contributed by atoms with Crippen LogP contribution in [0.5, 0.6) is 0 Å². The van der Waals surface area contributed by atoms with Crippen LogP contribution >= 0.6 is 15.9 Å². The third-order valence-corrected chi connectivity index (χ3v) is 3.02. The van der Waals surface area contributed by atoms with E-state index in [0.29, 0.717) is 4.47 Å². The fraction of sp³-hybridized carbons (Fsp3) is 0.273. The fourth-order valence-corrected chi connectivity index (χ4v) is 1.74. The van der Waals surface area contributed by atoms with E-state index in [2.05, 4.69) is 20.7 Å². The van der Waals surface area contributed by atoms with Crippen molar-refractivity contribution in [3.8, 4) is 0 Å². The minimum absolute atomic E-state index is 0.112. The number of carbonyl (C=O) groups excluding carboxylic acids is 2. The number of nitrogens with zero attached hydrogens (tertiary/aromatic N) is 2. The molecule has 0 aliphatic heterocycles. The van der Waals surface area contributed by atoms with Gasteiger partial charge in [0, 0.05) is 23.7 Å². The first-order valence-electron chi connectivity index (χ1n) is 5.13. The number of esters is 1. The average molecular weight is 331 g/mol. The van der Waals surface area contributed by atoms with Gasteiger partial charge in [-0.15, -0.1) is 0 Å². The van der Waals surface area contributed by atoms with Gasteiger partial charge in [0.05, 0.1) is 17.6 Å². The number of nitro benzene ring substituents is 1. The summed E-state index contributed by atoms with van der Waals surface area (Å²) in [5.74, 6) is -1.08. The first kappa shape index (κ1) is 15.1. The number of hydrogen-bond acceptors (Lipinski definition) is 5. The minimum Gasteiger partial charge on any atom is -0.468 e. The molecule has 7 nitrogen and oxygen atoms in total. The topological polar surface area (TPSA) is 89.8 Å². The zero-order chi connectivity index (χ0) is 14.6. The summed E-state index contributed by atoms with van der Waals surface area (Å²) < 4.78 is 4.86. The molecule has 102 valence electrons. The molecule has 0 aliphatic carbocycles. The maximum absolute atomic E-state index is 12.1. The first-order chi connectivity index (χ1) is 8.86. The summed E-state index contributed by atoms with van der Waals surface area (Å²) in [7, 11) is 2.62. The van der Waals surface area contributed by atoms with Gasteiger partial charge in [-0.3, -0.25) is 19.7 Å². The average Bonchev–Trinajstić information content (AvgIpc) is 2.37. The van der Waals surface area contributed by atoms with Crippen LogP contribution in [0.4, 0.5) is 5.69 Å². The Balaban J connectivity index is 3.01. The summed E-state index contributed by atoms with van der Waals surface area (Å²) in [5, 5.41) is 10.7. The third-order valence-electron chi connectivity index (χ3n) is 2.33. The third kappa shape index (κ3) is 3.75. The van der Waals surface area contributed by atoms with Gasteiger partial charge in [-0.25, -0.2) is 0 Å². The van der Waals surface area contributed by atoms with Gasteiger partial charge in [-0.2, -0.15) is 0 Å². The molecule has 0 N–H and O–H groups in total. The summed E-state index contributed by atoms with van der Waals surface area (Å²) in [6.45, 7) is -0.232. The maximum atomic E-state index is 12.1. The number of carbonyl (C=O) groups is 2. The summed E-state index contributed by atoms with van der Waals surface area (Å²) >= 11 is 3.15. The Bertz CT molecular complexity index is 532. The van der Waals surface area contributed by atoms with E-state index in [0.717, 1.165) is 11.0 Å². The molecule has 0 radical (unpaired) electrons. The van der Waals surface area contributed by atoms with Crippen molar-refractivity contribution in [3.05, 3.63) is 38.3 Å². The van der Waals surface area contributed by atoms with Gasteiger partial charge in [0.1, 0.15) is 6.54 Å². The van der Waals surface area contributed by atoms with Gasteiger partial charge < -0.3 is 9.64 Å². The van der Waals surface area contributed by atoms with Crippen LogP contribution in [0.1, 0.15) is 10.4 Å². The van der Waals surface area contributed by atoms with E-state index in [1.54, 1.807) is 0 Å². The molecule has 0 bridgehead atoms. The van der Waals surface area contributed by atoms with E-state index in [1.165, 1.54) is 26.3 Å². The number of rotatable bonds is 4. The SMILES string of the molecule is COC(=O)CN(C)C(=O)c1cc([N+](=O)[O-])ccc1Br.